The molecule has 4 atom stereocenters. The van der Waals surface area contributed by atoms with Gasteiger partial charge in [0.05, 0.1) is 12.7 Å². The molecule has 2 amide bonds. The third kappa shape index (κ3) is 3.16. The predicted molar refractivity (Wildman–Crippen MR) is 100 cm³/mol. The summed E-state index contributed by atoms with van der Waals surface area (Å²) in [5.74, 6) is 0. The van der Waals surface area contributed by atoms with Crippen LogP contribution in [0.25, 0.3) is 4.91 Å². The van der Waals surface area contributed by atoms with E-state index in [-0.39, 0.29) is 24.4 Å². The number of nitrogens with one attached hydrogen (secondary N) is 1. The molecule has 3 heterocycles. The average Bonchev–Trinajstić information content (AvgIpc) is 3.23. The summed E-state index contributed by atoms with van der Waals surface area (Å²) in [4.78, 5) is 15.1. The molecular formula is C19H22N2O4S. The number of hydrogen-bond acceptors (Lipinski definition) is 5. The van der Waals surface area contributed by atoms with Gasteiger partial charge in [-0.15, -0.1) is 0 Å². The number of urea groups is 1. The Balaban J connectivity index is 1.55. The van der Waals surface area contributed by atoms with Gasteiger partial charge in [0.25, 0.3) is 0 Å². The molecule has 1 fully saturated rings. The zero-order valence-electron chi connectivity index (χ0n) is 14.5. The number of fused-ring (bicyclic) bond motifs is 1. The highest BCUT2D eigenvalue weighted by Crippen LogP contribution is 2.43. The number of nitrogens with zero attached hydrogens (tertiary/aromatic N) is 1. The number of aliphatic hydroxyl groups is 2. The van der Waals surface area contributed by atoms with Crippen molar-refractivity contribution in [2.45, 2.75) is 43.6 Å². The number of amides is 2. The summed E-state index contributed by atoms with van der Waals surface area (Å²) in [6, 6.07) is 8.22. The van der Waals surface area contributed by atoms with E-state index in [1.54, 1.807) is 18.0 Å². The molecule has 3 aliphatic rings. The molecule has 7 heteroatoms. The van der Waals surface area contributed by atoms with Gasteiger partial charge in [0.2, 0.25) is 0 Å². The summed E-state index contributed by atoms with van der Waals surface area (Å²) in [6.07, 6.45) is 3.18. The molecule has 138 valence electrons. The Morgan fingerprint density at radius 2 is 2.12 bits per heavy atom. The summed E-state index contributed by atoms with van der Waals surface area (Å²) in [5.41, 5.74) is 3.43. The van der Waals surface area contributed by atoms with Crippen LogP contribution in [0.2, 0.25) is 0 Å². The maximum Gasteiger partial charge on any atom is 0.324 e. The first-order valence-corrected chi connectivity index (χ1v) is 9.69. The standard InChI is InChI=1S/C19H22N2O4S/c1-2-11-3-5-12(6-4-11)16-7-13-9-21(19(24)20-18(13)26-16)17-8-14(23)15(10-22)25-17/h3-7,9,14-15,17-18,22-23H,2,8,10H2,1H3,(H,20,24)/t14-,15+,17+,18?/m0/s1. The molecule has 0 saturated carbocycles. The number of carbonyl (C=O) groups excluding carboxylic acids is 1. The zero-order valence-corrected chi connectivity index (χ0v) is 15.3. The topological polar surface area (TPSA) is 82.0 Å². The zero-order chi connectivity index (χ0) is 18.3. The van der Waals surface area contributed by atoms with Crippen LogP contribution in [0.5, 0.6) is 0 Å². The van der Waals surface area contributed by atoms with Crippen molar-refractivity contribution < 1.29 is 19.7 Å². The van der Waals surface area contributed by atoms with Gasteiger partial charge in [-0.3, -0.25) is 4.90 Å². The van der Waals surface area contributed by atoms with Gasteiger partial charge in [0.1, 0.15) is 17.7 Å². The van der Waals surface area contributed by atoms with Crippen molar-refractivity contribution in [3.63, 3.8) is 0 Å². The van der Waals surface area contributed by atoms with E-state index in [2.05, 4.69) is 42.6 Å². The molecule has 3 N–H and O–H groups in total. The summed E-state index contributed by atoms with van der Waals surface area (Å²) in [6.45, 7) is 1.87. The van der Waals surface area contributed by atoms with Crippen molar-refractivity contribution in [1.29, 1.82) is 0 Å². The summed E-state index contributed by atoms with van der Waals surface area (Å²) < 4.78 is 5.61. The second-order valence-corrected chi connectivity index (χ2v) is 7.80. The lowest BCUT2D eigenvalue weighted by molar-refractivity contribution is -0.0541. The van der Waals surface area contributed by atoms with E-state index in [4.69, 9.17) is 4.74 Å². The molecule has 1 saturated heterocycles. The first-order valence-electron chi connectivity index (χ1n) is 8.81. The van der Waals surface area contributed by atoms with Crippen LogP contribution in [0.15, 0.2) is 42.1 Å². The lowest BCUT2D eigenvalue weighted by Crippen LogP contribution is -2.49. The fourth-order valence-corrected chi connectivity index (χ4v) is 4.55. The maximum atomic E-state index is 12.5. The van der Waals surface area contributed by atoms with Crippen molar-refractivity contribution >= 4 is 22.7 Å². The lowest BCUT2D eigenvalue weighted by Gasteiger charge is -2.32. The summed E-state index contributed by atoms with van der Waals surface area (Å²) in [7, 11) is 0. The quantitative estimate of drug-likeness (QED) is 0.751. The van der Waals surface area contributed by atoms with Gasteiger partial charge >= 0.3 is 6.03 Å². The van der Waals surface area contributed by atoms with Crippen molar-refractivity contribution in [1.82, 2.24) is 10.2 Å². The number of benzene rings is 1. The molecule has 0 radical (unpaired) electrons. The van der Waals surface area contributed by atoms with E-state index in [0.717, 1.165) is 22.5 Å². The molecular weight excluding hydrogens is 352 g/mol. The molecule has 1 unspecified atom stereocenters. The van der Waals surface area contributed by atoms with E-state index < -0.39 is 18.4 Å². The van der Waals surface area contributed by atoms with E-state index in [1.807, 2.05) is 0 Å². The molecule has 3 aliphatic heterocycles. The number of hydrogen-bond donors (Lipinski definition) is 3. The minimum atomic E-state index is -0.768. The van der Waals surface area contributed by atoms with Crippen LogP contribution in [0.1, 0.15) is 24.5 Å². The fourth-order valence-electron chi connectivity index (χ4n) is 3.40. The number of rotatable bonds is 4. The minimum absolute atomic E-state index is 0.112. The minimum Gasteiger partial charge on any atom is -0.394 e. The Morgan fingerprint density at radius 3 is 2.77 bits per heavy atom. The van der Waals surface area contributed by atoms with Gasteiger partial charge in [-0.2, -0.15) is 0 Å². The Kier molecular flexibility index (Phi) is 4.79. The van der Waals surface area contributed by atoms with Crippen LogP contribution in [0.3, 0.4) is 0 Å². The first kappa shape index (κ1) is 17.6. The largest absolute Gasteiger partial charge is 0.394 e. The van der Waals surface area contributed by atoms with E-state index in [1.165, 1.54) is 10.5 Å². The van der Waals surface area contributed by atoms with Crippen LogP contribution in [-0.4, -0.2) is 51.6 Å². The highest BCUT2D eigenvalue weighted by molar-refractivity contribution is 8.09. The molecule has 0 aliphatic carbocycles. The van der Waals surface area contributed by atoms with Crippen molar-refractivity contribution in [3.05, 3.63) is 53.2 Å². The Morgan fingerprint density at radius 1 is 1.35 bits per heavy atom. The second kappa shape index (κ2) is 7.08. The van der Waals surface area contributed by atoms with Crippen LogP contribution >= 0.6 is 11.8 Å². The van der Waals surface area contributed by atoms with E-state index in [9.17, 15) is 15.0 Å². The van der Waals surface area contributed by atoms with Gasteiger partial charge in [0.15, 0.2) is 0 Å². The van der Waals surface area contributed by atoms with Crippen molar-refractivity contribution in [2.24, 2.45) is 0 Å². The third-order valence-electron chi connectivity index (χ3n) is 4.96. The van der Waals surface area contributed by atoms with Gasteiger partial charge in [-0.05, 0) is 23.6 Å². The second-order valence-electron chi connectivity index (χ2n) is 6.66. The monoisotopic (exact) mass is 374 g/mol. The summed E-state index contributed by atoms with van der Waals surface area (Å²) >= 11 is 1.62. The fraction of sp³-hybridized carbons (Fsp3) is 0.421. The van der Waals surface area contributed by atoms with Crippen molar-refractivity contribution in [3.8, 4) is 0 Å². The smallest absolute Gasteiger partial charge is 0.324 e. The SMILES string of the molecule is CCc1ccc(C2=CC3=CN([C@H]4C[C@H](O)[C@@H](CO)O4)C(=O)NC3S2)cc1. The first-order chi connectivity index (χ1) is 12.6. The Hall–Kier alpha value is -1.80. The Bertz CT molecular complexity index is 761. The van der Waals surface area contributed by atoms with Gasteiger partial charge in [-0.25, -0.2) is 4.79 Å². The highest BCUT2D eigenvalue weighted by Gasteiger charge is 2.41. The van der Waals surface area contributed by atoms with Crippen LogP contribution in [0, 0.1) is 0 Å². The number of aryl methyl sites for hydroxylation is 1. The van der Waals surface area contributed by atoms with E-state index >= 15 is 0 Å². The summed E-state index contributed by atoms with van der Waals surface area (Å²) in [5, 5.41) is 22.0. The Labute approximate surface area is 156 Å². The van der Waals surface area contributed by atoms with Crippen molar-refractivity contribution in [2.75, 3.05) is 6.61 Å². The molecule has 0 aromatic heterocycles. The number of aliphatic hydroxyl groups excluding tert-OH is 2. The van der Waals surface area contributed by atoms with Crippen LogP contribution in [0.4, 0.5) is 4.79 Å². The van der Waals surface area contributed by atoms with Gasteiger partial charge in [-0.1, -0.05) is 43.0 Å². The highest BCUT2D eigenvalue weighted by atomic mass is 32.2. The predicted octanol–water partition coefficient (Wildman–Crippen LogP) is 2.04. The van der Waals surface area contributed by atoms with Crippen LogP contribution < -0.4 is 5.32 Å². The molecule has 0 bridgehead atoms. The number of carbonyl (C=O) groups is 1. The average molecular weight is 374 g/mol. The molecule has 6 nitrogen and oxygen atoms in total. The molecule has 0 spiro atoms. The normalized spacial score (nSPS) is 30.7. The third-order valence-corrected chi connectivity index (χ3v) is 6.20. The van der Waals surface area contributed by atoms with Gasteiger partial charge in [0, 0.05) is 23.1 Å². The van der Waals surface area contributed by atoms with E-state index in [0.29, 0.717) is 0 Å². The number of ether oxygens (including phenoxy) is 1. The lowest BCUT2D eigenvalue weighted by atomic mass is 10.1. The number of thioether (sulfide) groups is 1. The molecule has 1 aromatic rings. The molecule has 1 aromatic carbocycles. The van der Waals surface area contributed by atoms with Gasteiger partial charge < -0.3 is 20.3 Å². The van der Waals surface area contributed by atoms with Crippen LogP contribution in [-0.2, 0) is 11.2 Å². The molecule has 26 heavy (non-hydrogen) atoms. The molecule has 4 rings (SSSR count). The maximum absolute atomic E-state index is 12.5.